The van der Waals surface area contributed by atoms with Crippen LogP contribution in [-0.4, -0.2) is 24.1 Å². The SMILES string of the molecule is Cc1cccc(-c2nc(-c3cccnc3)[nH]c2-c2ccc3c(c2)n(C)c(=O)n3CC(C)C)c1. The largest absolute Gasteiger partial charge is 0.337 e. The van der Waals surface area contributed by atoms with E-state index >= 15 is 0 Å². The molecule has 0 radical (unpaired) electrons. The van der Waals surface area contributed by atoms with E-state index in [-0.39, 0.29) is 5.69 Å². The zero-order chi connectivity index (χ0) is 23.1. The number of imidazole rings is 2. The van der Waals surface area contributed by atoms with Gasteiger partial charge in [-0.05, 0) is 43.2 Å². The number of H-pyrrole nitrogens is 1. The number of aryl methyl sites for hydroxylation is 2. The van der Waals surface area contributed by atoms with Crippen molar-refractivity contribution in [2.75, 3.05) is 0 Å². The highest BCUT2D eigenvalue weighted by Gasteiger charge is 2.18. The van der Waals surface area contributed by atoms with E-state index in [4.69, 9.17) is 4.98 Å². The molecule has 0 aliphatic heterocycles. The van der Waals surface area contributed by atoms with E-state index in [2.05, 4.69) is 61.1 Å². The van der Waals surface area contributed by atoms with Crippen LogP contribution in [-0.2, 0) is 13.6 Å². The molecule has 5 aromatic rings. The molecular formula is C27H27N5O. The number of aromatic nitrogens is 5. The summed E-state index contributed by atoms with van der Waals surface area (Å²) in [5, 5.41) is 0. The highest BCUT2D eigenvalue weighted by atomic mass is 16.1. The predicted octanol–water partition coefficient (Wildman–Crippen LogP) is 5.42. The minimum Gasteiger partial charge on any atom is -0.337 e. The number of benzene rings is 2. The van der Waals surface area contributed by atoms with Gasteiger partial charge in [-0.25, -0.2) is 9.78 Å². The maximum atomic E-state index is 12.9. The monoisotopic (exact) mass is 437 g/mol. The number of fused-ring (bicyclic) bond motifs is 1. The average molecular weight is 438 g/mol. The Morgan fingerprint density at radius 3 is 2.52 bits per heavy atom. The van der Waals surface area contributed by atoms with Gasteiger partial charge in [0.25, 0.3) is 0 Å². The lowest BCUT2D eigenvalue weighted by Gasteiger charge is -2.07. The molecule has 3 aromatic heterocycles. The number of rotatable bonds is 5. The molecule has 33 heavy (non-hydrogen) atoms. The third-order valence-corrected chi connectivity index (χ3v) is 5.91. The van der Waals surface area contributed by atoms with Gasteiger partial charge in [-0.1, -0.05) is 43.7 Å². The fourth-order valence-electron chi connectivity index (χ4n) is 4.33. The van der Waals surface area contributed by atoms with Crippen LogP contribution in [0.4, 0.5) is 0 Å². The van der Waals surface area contributed by atoms with Gasteiger partial charge < -0.3 is 4.98 Å². The highest BCUT2D eigenvalue weighted by Crippen LogP contribution is 2.34. The molecule has 0 saturated heterocycles. The van der Waals surface area contributed by atoms with E-state index in [1.165, 1.54) is 5.56 Å². The van der Waals surface area contributed by atoms with Crippen LogP contribution in [0.5, 0.6) is 0 Å². The summed E-state index contributed by atoms with van der Waals surface area (Å²) in [7, 11) is 1.83. The Balaban J connectivity index is 1.72. The van der Waals surface area contributed by atoms with Gasteiger partial charge in [-0.15, -0.1) is 0 Å². The van der Waals surface area contributed by atoms with Gasteiger partial charge in [0.1, 0.15) is 5.82 Å². The standard InChI is InChI=1S/C27H27N5O/c1-17(2)16-32-22-11-10-20(14-23(22)31(4)27(32)33)25-24(19-8-5-7-18(3)13-19)29-26(30-25)21-9-6-12-28-15-21/h5-15,17H,16H2,1-4H3,(H,29,30). The van der Waals surface area contributed by atoms with Crippen LogP contribution >= 0.6 is 0 Å². The summed E-state index contributed by atoms with van der Waals surface area (Å²) in [5.41, 5.74) is 7.79. The molecule has 6 nitrogen and oxygen atoms in total. The zero-order valence-electron chi connectivity index (χ0n) is 19.3. The second-order valence-electron chi connectivity index (χ2n) is 8.97. The topological polar surface area (TPSA) is 68.5 Å². The molecule has 0 aliphatic carbocycles. The van der Waals surface area contributed by atoms with Crippen LogP contribution < -0.4 is 5.69 Å². The number of nitrogens with zero attached hydrogens (tertiary/aromatic N) is 4. The first kappa shape index (κ1) is 20.9. The van der Waals surface area contributed by atoms with E-state index in [1.54, 1.807) is 10.8 Å². The number of hydrogen-bond acceptors (Lipinski definition) is 3. The summed E-state index contributed by atoms with van der Waals surface area (Å²) in [6.07, 6.45) is 3.56. The second-order valence-corrected chi connectivity index (χ2v) is 8.97. The summed E-state index contributed by atoms with van der Waals surface area (Å²) >= 11 is 0. The van der Waals surface area contributed by atoms with Crippen molar-refractivity contribution in [1.29, 1.82) is 0 Å². The third kappa shape index (κ3) is 3.78. The molecule has 0 saturated carbocycles. The fraction of sp³-hybridized carbons (Fsp3) is 0.222. The lowest BCUT2D eigenvalue weighted by Crippen LogP contribution is -2.24. The predicted molar refractivity (Wildman–Crippen MR) is 133 cm³/mol. The number of aromatic amines is 1. The molecule has 0 unspecified atom stereocenters. The van der Waals surface area contributed by atoms with Gasteiger partial charge >= 0.3 is 5.69 Å². The van der Waals surface area contributed by atoms with Gasteiger partial charge in [0.15, 0.2) is 0 Å². The van der Waals surface area contributed by atoms with Crippen LogP contribution in [0.2, 0.25) is 0 Å². The van der Waals surface area contributed by atoms with Gasteiger partial charge in [0.2, 0.25) is 0 Å². The lowest BCUT2D eigenvalue weighted by molar-refractivity contribution is 0.516. The van der Waals surface area contributed by atoms with Gasteiger partial charge in [0, 0.05) is 42.7 Å². The summed E-state index contributed by atoms with van der Waals surface area (Å²) in [6, 6.07) is 18.4. The van der Waals surface area contributed by atoms with Crippen molar-refractivity contribution in [2.24, 2.45) is 13.0 Å². The first-order valence-electron chi connectivity index (χ1n) is 11.2. The quantitative estimate of drug-likeness (QED) is 0.399. The Morgan fingerprint density at radius 2 is 1.79 bits per heavy atom. The maximum absolute atomic E-state index is 12.9. The molecule has 0 aliphatic rings. The van der Waals surface area contributed by atoms with Crippen LogP contribution in [0.25, 0.3) is 44.9 Å². The van der Waals surface area contributed by atoms with E-state index < -0.39 is 0 Å². The number of hydrogen-bond donors (Lipinski definition) is 1. The third-order valence-electron chi connectivity index (χ3n) is 5.91. The highest BCUT2D eigenvalue weighted by molar-refractivity contribution is 5.87. The van der Waals surface area contributed by atoms with E-state index in [9.17, 15) is 4.79 Å². The van der Waals surface area contributed by atoms with Crippen LogP contribution in [0, 0.1) is 12.8 Å². The minimum atomic E-state index is 0.00965. The van der Waals surface area contributed by atoms with Crippen LogP contribution in [0.1, 0.15) is 19.4 Å². The summed E-state index contributed by atoms with van der Waals surface area (Å²) in [4.78, 5) is 25.6. The molecule has 166 valence electrons. The number of nitrogens with one attached hydrogen (secondary N) is 1. The maximum Gasteiger partial charge on any atom is 0.328 e. The summed E-state index contributed by atoms with van der Waals surface area (Å²) < 4.78 is 3.59. The van der Waals surface area contributed by atoms with E-state index in [0.717, 1.165) is 44.9 Å². The minimum absolute atomic E-state index is 0.00965. The van der Waals surface area contributed by atoms with E-state index in [0.29, 0.717) is 12.5 Å². The molecule has 0 amide bonds. The van der Waals surface area contributed by atoms with Crippen LogP contribution in [0.3, 0.4) is 0 Å². The molecule has 3 heterocycles. The average Bonchev–Trinajstić information content (AvgIpc) is 3.36. The molecule has 1 N–H and O–H groups in total. The second kappa shape index (κ2) is 8.20. The molecule has 0 spiro atoms. The number of pyridine rings is 1. The van der Waals surface area contributed by atoms with Crippen molar-refractivity contribution in [3.05, 3.63) is 83.0 Å². The normalized spacial score (nSPS) is 11.5. The molecule has 0 bridgehead atoms. The molecule has 6 heteroatoms. The molecular weight excluding hydrogens is 410 g/mol. The van der Waals surface area contributed by atoms with Gasteiger partial charge in [-0.2, -0.15) is 0 Å². The smallest absolute Gasteiger partial charge is 0.328 e. The lowest BCUT2D eigenvalue weighted by atomic mass is 10.0. The van der Waals surface area contributed by atoms with Crippen molar-refractivity contribution in [3.63, 3.8) is 0 Å². The molecule has 0 fully saturated rings. The van der Waals surface area contributed by atoms with Gasteiger partial charge in [0.05, 0.1) is 22.4 Å². The van der Waals surface area contributed by atoms with E-state index in [1.807, 2.05) is 42.1 Å². The first-order valence-corrected chi connectivity index (χ1v) is 11.2. The summed E-state index contributed by atoms with van der Waals surface area (Å²) in [5.74, 6) is 1.15. The molecule has 2 aromatic carbocycles. The molecule has 5 rings (SSSR count). The van der Waals surface area contributed by atoms with Crippen molar-refractivity contribution < 1.29 is 0 Å². The Morgan fingerprint density at radius 1 is 0.970 bits per heavy atom. The molecule has 0 atom stereocenters. The summed E-state index contributed by atoms with van der Waals surface area (Å²) in [6.45, 7) is 7.02. The van der Waals surface area contributed by atoms with Crippen molar-refractivity contribution in [2.45, 2.75) is 27.3 Å². The Labute approximate surface area is 192 Å². The fourth-order valence-corrected chi connectivity index (χ4v) is 4.33. The Hall–Kier alpha value is -3.93. The van der Waals surface area contributed by atoms with Gasteiger partial charge in [-0.3, -0.25) is 14.1 Å². The van der Waals surface area contributed by atoms with Crippen molar-refractivity contribution in [1.82, 2.24) is 24.1 Å². The van der Waals surface area contributed by atoms with Crippen molar-refractivity contribution in [3.8, 4) is 33.9 Å². The van der Waals surface area contributed by atoms with Crippen LogP contribution in [0.15, 0.2) is 71.8 Å². The Kier molecular flexibility index (Phi) is 5.21. The Bertz CT molecular complexity index is 1510. The zero-order valence-corrected chi connectivity index (χ0v) is 19.3. The first-order chi connectivity index (χ1) is 15.9. The van der Waals surface area contributed by atoms with Crippen molar-refractivity contribution >= 4 is 11.0 Å².